The molecule has 3 heteroatoms. The quantitative estimate of drug-likeness (QED) is 0.490. The standard InChI is InChI=1S/C11H17NO2/c1-2-14-11(13)7-10-8-12-5-3-9(10)4-6-12/h7,9H,2-6,8H2,1H3/b10-7-. The third-order valence-corrected chi connectivity index (χ3v) is 3.11. The van der Waals surface area contributed by atoms with Crippen molar-refractivity contribution in [1.29, 1.82) is 0 Å². The minimum absolute atomic E-state index is 0.170. The number of nitrogens with zero attached hydrogens (tertiary/aromatic N) is 1. The summed E-state index contributed by atoms with van der Waals surface area (Å²) in [6.07, 6.45) is 4.13. The van der Waals surface area contributed by atoms with E-state index in [1.807, 2.05) is 6.92 Å². The lowest BCUT2D eigenvalue weighted by Gasteiger charge is -2.40. The first kappa shape index (κ1) is 9.71. The molecular formula is C11H17NO2. The van der Waals surface area contributed by atoms with E-state index in [0.29, 0.717) is 12.5 Å². The van der Waals surface area contributed by atoms with Gasteiger partial charge in [0, 0.05) is 12.6 Å². The third kappa shape index (κ3) is 1.98. The number of carbonyl (C=O) groups is 1. The van der Waals surface area contributed by atoms with Gasteiger partial charge in [0.2, 0.25) is 0 Å². The molecule has 0 unspecified atom stereocenters. The average molecular weight is 195 g/mol. The maximum absolute atomic E-state index is 11.3. The van der Waals surface area contributed by atoms with Gasteiger partial charge in [0.25, 0.3) is 0 Å². The predicted octanol–water partition coefficient (Wildman–Crippen LogP) is 1.20. The molecule has 3 rings (SSSR count). The van der Waals surface area contributed by atoms with E-state index in [2.05, 4.69) is 4.90 Å². The average Bonchev–Trinajstić information content (AvgIpc) is 2.19. The van der Waals surface area contributed by atoms with E-state index in [-0.39, 0.29) is 5.97 Å². The molecule has 3 aliphatic rings. The van der Waals surface area contributed by atoms with Crippen LogP contribution < -0.4 is 0 Å². The van der Waals surface area contributed by atoms with Crippen molar-refractivity contribution in [2.24, 2.45) is 5.92 Å². The van der Waals surface area contributed by atoms with Crippen LogP contribution in [0.2, 0.25) is 0 Å². The number of hydrogen-bond acceptors (Lipinski definition) is 3. The van der Waals surface area contributed by atoms with Gasteiger partial charge in [-0.05, 0) is 44.3 Å². The lowest BCUT2D eigenvalue weighted by atomic mass is 9.83. The number of esters is 1. The molecule has 3 fully saturated rings. The van der Waals surface area contributed by atoms with E-state index in [1.165, 1.54) is 31.5 Å². The molecule has 0 atom stereocenters. The molecule has 3 heterocycles. The summed E-state index contributed by atoms with van der Waals surface area (Å²) in [5.74, 6) is 0.473. The van der Waals surface area contributed by atoms with Crippen molar-refractivity contribution >= 4 is 5.97 Å². The van der Waals surface area contributed by atoms with Crippen molar-refractivity contribution in [3.63, 3.8) is 0 Å². The van der Waals surface area contributed by atoms with Gasteiger partial charge < -0.3 is 4.74 Å². The molecule has 0 amide bonds. The second kappa shape index (κ2) is 4.13. The van der Waals surface area contributed by atoms with Crippen LogP contribution >= 0.6 is 0 Å². The van der Waals surface area contributed by atoms with Gasteiger partial charge in [0.15, 0.2) is 0 Å². The fraction of sp³-hybridized carbons (Fsp3) is 0.727. The van der Waals surface area contributed by atoms with Gasteiger partial charge in [-0.25, -0.2) is 4.79 Å². The van der Waals surface area contributed by atoms with Crippen LogP contribution in [0.25, 0.3) is 0 Å². The smallest absolute Gasteiger partial charge is 0.330 e. The zero-order chi connectivity index (χ0) is 9.97. The molecule has 3 aliphatic heterocycles. The Bertz CT molecular complexity index is 252. The summed E-state index contributed by atoms with van der Waals surface area (Å²) < 4.78 is 4.92. The van der Waals surface area contributed by atoms with Crippen molar-refractivity contribution in [2.75, 3.05) is 26.2 Å². The van der Waals surface area contributed by atoms with E-state index in [1.54, 1.807) is 6.08 Å². The van der Waals surface area contributed by atoms with Crippen LogP contribution in [0.5, 0.6) is 0 Å². The SMILES string of the molecule is CCOC(=O)/C=C1/CN2CCC1CC2. The van der Waals surface area contributed by atoms with Crippen LogP contribution in [-0.2, 0) is 9.53 Å². The van der Waals surface area contributed by atoms with Gasteiger partial charge in [-0.15, -0.1) is 0 Å². The van der Waals surface area contributed by atoms with Gasteiger partial charge in [0.05, 0.1) is 6.61 Å². The second-order valence-electron chi connectivity index (χ2n) is 4.02. The molecule has 2 bridgehead atoms. The number of rotatable bonds is 2. The van der Waals surface area contributed by atoms with E-state index < -0.39 is 0 Å². The summed E-state index contributed by atoms with van der Waals surface area (Å²) in [7, 11) is 0. The highest BCUT2D eigenvalue weighted by molar-refractivity contribution is 5.83. The van der Waals surface area contributed by atoms with Crippen LogP contribution in [0.1, 0.15) is 19.8 Å². The summed E-state index contributed by atoms with van der Waals surface area (Å²) in [5, 5.41) is 0. The highest BCUT2D eigenvalue weighted by Gasteiger charge is 2.29. The first-order valence-electron chi connectivity index (χ1n) is 5.39. The Labute approximate surface area is 84.7 Å². The third-order valence-electron chi connectivity index (χ3n) is 3.11. The van der Waals surface area contributed by atoms with E-state index in [9.17, 15) is 4.79 Å². The zero-order valence-electron chi connectivity index (χ0n) is 8.66. The Morgan fingerprint density at radius 3 is 2.79 bits per heavy atom. The van der Waals surface area contributed by atoms with Crippen molar-refractivity contribution in [3.8, 4) is 0 Å². The number of piperidine rings is 3. The van der Waals surface area contributed by atoms with Crippen molar-refractivity contribution in [2.45, 2.75) is 19.8 Å². The van der Waals surface area contributed by atoms with Gasteiger partial charge in [0.1, 0.15) is 0 Å². The Balaban J connectivity index is 2.00. The molecule has 3 nitrogen and oxygen atoms in total. The van der Waals surface area contributed by atoms with Crippen LogP contribution in [0.3, 0.4) is 0 Å². The molecule has 0 aromatic rings. The van der Waals surface area contributed by atoms with Crippen LogP contribution in [-0.4, -0.2) is 37.1 Å². The first-order valence-corrected chi connectivity index (χ1v) is 5.39. The molecular weight excluding hydrogens is 178 g/mol. The Morgan fingerprint density at radius 1 is 1.57 bits per heavy atom. The predicted molar refractivity (Wildman–Crippen MR) is 53.9 cm³/mol. The Morgan fingerprint density at radius 2 is 2.29 bits per heavy atom. The van der Waals surface area contributed by atoms with E-state index in [4.69, 9.17) is 4.74 Å². The van der Waals surface area contributed by atoms with Gasteiger partial charge in [-0.3, -0.25) is 4.90 Å². The molecule has 0 aliphatic carbocycles. The number of hydrogen-bond donors (Lipinski definition) is 0. The van der Waals surface area contributed by atoms with Gasteiger partial charge >= 0.3 is 5.97 Å². The molecule has 0 aromatic carbocycles. The largest absolute Gasteiger partial charge is 0.463 e. The first-order chi connectivity index (χ1) is 6.79. The molecule has 3 saturated heterocycles. The summed E-state index contributed by atoms with van der Waals surface area (Å²) >= 11 is 0. The van der Waals surface area contributed by atoms with E-state index >= 15 is 0 Å². The molecule has 0 radical (unpaired) electrons. The fourth-order valence-electron chi connectivity index (χ4n) is 2.35. The van der Waals surface area contributed by atoms with Gasteiger partial charge in [-0.1, -0.05) is 0 Å². The monoisotopic (exact) mass is 195 g/mol. The minimum Gasteiger partial charge on any atom is -0.463 e. The number of carbonyl (C=O) groups excluding carboxylic acids is 1. The second-order valence-corrected chi connectivity index (χ2v) is 4.02. The molecule has 0 spiro atoms. The summed E-state index contributed by atoms with van der Waals surface area (Å²) in [5.41, 5.74) is 1.28. The summed E-state index contributed by atoms with van der Waals surface area (Å²) in [6.45, 7) is 5.68. The van der Waals surface area contributed by atoms with Crippen LogP contribution in [0, 0.1) is 5.92 Å². The lowest BCUT2D eigenvalue weighted by molar-refractivity contribution is -0.137. The van der Waals surface area contributed by atoms with E-state index in [0.717, 1.165) is 6.54 Å². The van der Waals surface area contributed by atoms with Crippen molar-refractivity contribution in [1.82, 2.24) is 4.90 Å². The lowest BCUT2D eigenvalue weighted by Crippen LogP contribution is -2.43. The Hall–Kier alpha value is -0.830. The van der Waals surface area contributed by atoms with Crippen LogP contribution in [0.15, 0.2) is 11.6 Å². The Kier molecular flexibility index (Phi) is 2.87. The zero-order valence-corrected chi connectivity index (χ0v) is 8.66. The number of fused-ring (bicyclic) bond motifs is 3. The summed E-state index contributed by atoms with van der Waals surface area (Å²) in [6, 6.07) is 0. The molecule has 14 heavy (non-hydrogen) atoms. The van der Waals surface area contributed by atoms with Crippen LogP contribution in [0.4, 0.5) is 0 Å². The number of ether oxygens (including phenoxy) is 1. The maximum atomic E-state index is 11.3. The maximum Gasteiger partial charge on any atom is 0.330 e. The molecule has 0 aromatic heterocycles. The molecule has 0 N–H and O–H groups in total. The van der Waals surface area contributed by atoms with Crippen molar-refractivity contribution in [3.05, 3.63) is 11.6 Å². The fourth-order valence-corrected chi connectivity index (χ4v) is 2.35. The topological polar surface area (TPSA) is 29.5 Å². The highest BCUT2D eigenvalue weighted by atomic mass is 16.5. The van der Waals surface area contributed by atoms with Gasteiger partial charge in [-0.2, -0.15) is 0 Å². The molecule has 0 saturated carbocycles. The normalized spacial score (nSPS) is 33.4. The summed E-state index contributed by atoms with van der Waals surface area (Å²) in [4.78, 5) is 13.7. The minimum atomic E-state index is -0.170. The molecule has 78 valence electrons. The highest BCUT2D eigenvalue weighted by Crippen LogP contribution is 2.31. The van der Waals surface area contributed by atoms with Crippen molar-refractivity contribution < 1.29 is 9.53 Å².